The van der Waals surface area contributed by atoms with Crippen LogP contribution in [0.4, 0.5) is 0 Å². The molecule has 1 heterocycles. The molecule has 0 aromatic heterocycles. The van der Waals surface area contributed by atoms with Crippen molar-refractivity contribution in [3.8, 4) is 5.75 Å². The predicted molar refractivity (Wildman–Crippen MR) is 84.1 cm³/mol. The van der Waals surface area contributed by atoms with Gasteiger partial charge in [-0.3, -0.25) is 4.90 Å². The number of nitrogens with one attached hydrogen (secondary N) is 1. The van der Waals surface area contributed by atoms with Gasteiger partial charge in [0.25, 0.3) is 0 Å². The van der Waals surface area contributed by atoms with Crippen molar-refractivity contribution in [2.24, 2.45) is 5.92 Å². The first-order valence-electron chi connectivity index (χ1n) is 7.80. The lowest BCUT2D eigenvalue weighted by molar-refractivity contribution is 0.136. The van der Waals surface area contributed by atoms with Crippen LogP contribution in [0, 0.1) is 12.8 Å². The summed E-state index contributed by atoms with van der Waals surface area (Å²) in [5.74, 6) is 1.29. The van der Waals surface area contributed by atoms with Gasteiger partial charge in [0.1, 0.15) is 5.75 Å². The number of phenols is 1. The quantitative estimate of drug-likeness (QED) is 0.867. The van der Waals surface area contributed by atoms with Crippen LogP contribution in [0.15, 0.2) is 18.2 Å². The van der Waals surface area contributed by atoms with Gasteiger partial charge in [0.05, 0.1) is 0 Å². The summed E-state index contributed by atoms with van der Waals surface area (Å²) in [6, 6.07) is 6.21. The Morgan fingerprint density at radius 1 is 1.35 bits per heavy atom. The fourth-order valence-corrected chi connectivity index (χ4v) is 3.18. The molecule has 0 aliphatic carbocycles. The Bertz CT molecular complexity index is 425. The maximum atomic E-state index is 10.1. The number of likely N-dealkylation sites (tertiary alicyclic amines) is 1. The molecular formula is C17H28N2O. The van der Waals surface area contributed by atoms with Gasteiger partial charge < -0.3 is 10.4 Å². The molecule has 1 unspecified atom stereocenters. The number of rotatable bonds is 5. The molecule has 3 heteroatoms. The minimum Gasteiger partial charge on any atom is -0.508 e. The van der Waals surface area contributed by atoms with E-state index in [0.29, 0.717) is 11.8 Å². The molecule has 20 heavy (non-hydrogen) atoms. The molecule has 1 aromatic carbocycles. The van der Waals surface area contributed by atoms with Crippen molar-refractivity contribution in [1.29, 1.82) is 0 Å². The third-order valence-corrected chi connectivity index (χ3v) is 4.63. The highest BCUT2D eigenvalue weighted by Crippen LogP contribution is 2.32. The highest BCUT2D eigenvalue weighted by Gasteiger charge is 2.24. The van der Waals surface area contributed by atoms with Gasteiger partial charge in [-0.1, -0.05) is 17.7 Å². The van der Waals surface area contributed by atoms with E-state index in [2.05, 4.69) is 30.1 Å². The van der Waals surface area contributed by atoms with Gasteiger partial charge in [-0.15, -0.1) is 0 Å². The summed E-state index contributed by atoms with van der Waals surface area (Å²) in [6.45, 7) is 7.70. The van der Waals surface area contributed by atoms with Crippen molar-refractivity contribution < 1.29 is 5.11 Å². The Labute approximate surface area is 123 Å². The van der Waals surface area contributed by atoms with E-state index in [9.17, 15) is 5.11 Å². The predicted octanol–water partition coefficient (Wildman–Crippen LogP) is 3.08. The molecule has 1 aromatic rings. The molecule has 1 aliphatic heterocycles. The molecular weight excluding hydrogens is 248 g/mol. The SMILES string of the molecule is CNCCC1CCN(C(C)c2cc(C)ccc2O)CC1. The van der Waals surface area contributed by atoms with E-state index in [4.69, 9.17) is 0 Å². The van der Waals surface area contributed by atoms with Crippen LogP contribution < -0.4 is 5.32 Å². The first-order valence-corrected chi connectivity index (χ1v) is 7.80. The molecule has 0 radical (unpaired) electrons. The Morgan fingerprint density at radius 2 is 2.05 bits per heavy atom. The molecule has 112 valence electrons. The Morgan fingerprint density at radius 3 is 2.70 bits per heavy atom. The Kier molecular flexibility index (Phi) is 5.44. The minimum absolute atomic E-state index is 0.306. The molecule has 0 saturated carbocycles. The lowest BCUT2D eigenvalue weighted by Crippen LogP contribution is -2.36. The highest BCUT2D eigenvalue weighted by atomic mass is 16.3. The van der Waals surface area contributed by atoms with E-state index in [-0.39, 0.29) is 0 Å². The van der Waals surface area contributed by atoms with Crippen molar-refractivity contribution in [2.45, 2.75) is 39.2 Å². The normalized spacial score (nSPS) is 19.1. The number of hydrogen-bond donors (Lipinski definition) is 2. The third-order valence-electron chi connectivity index (χ3n) is 4.63. The van der Waals surface area contributed by atoms with Gasteiger partial charge in [-0.25, -0.2) is 0 Å². The van der Waals surface area contributed by atoms with Gasteiger partial charge in [0, 0.05) is 11.6 Å². The largest absolute Gasteiger partial charge is 0.508 e. The van der Waals surface area contributed by atoms with Gasteiger partial charge >= 0.3 is 0 Å². The zero-order chi connectivity index (χ0) is 14.5. The average Bonchev–Trinajstić information content (AvgIpc) is 2.47. The average molecular weight is 276 g/mol. The Balaban J connectivity index is 1.94. The summed E-state index contributed by atoms with van der Waals surface area (Å²) in [5, 5.41) is 13.3. The van der Waals surface area contributed by atoms with E-state index in [1.807, 2.05) is 19.2 Å². The summed E-state index contributed by atoms with van der Waals surface area (Å²) in [5.41, 5.74) is 2.28. The lowest BCUT2D eigenvalue weighted by atomic mass is 9.91. The van der Waals surface area contributed by atoms with Crippen molar-refractivity contribution in [1.82, 2.24) is 10.2 Å². The van der Waals surface area contributed by atoms with Crippen molar-refractivity contribution in [3.63, 3.8) is 0 Å². The number of nitrogens with zero attached hydrogens (tertiary/aromatic N) is 1. The monoisotopic (exact) mass is 276 g/mol. The van der Waals surface area contributed by atoms with Crippen LogP contribution in [0.5, 0.6) is 5.75 Å². The van der Waals surface area contributed by atoms with Crippen LogP contribution >= 0.6 is 0 Å². The molecule has 1 fully saturated rings. The van der Waals surface area contributed by atoms with Crippen LogP contribution in [-0.2, 0) is 0 Å². The molecule has 1 saturated heterocycles. The van der Waals surface area contributed by atoms with E-state index >= 15 is 0 Å². The van der Waals surface area contributed by atoms with Crippen LogP contribution in [0.3, 0.4) is 0 Å². The maximum Gasteiger partial charge on any atom is 0.120 e. The van der Waals surface area contributed by atoms with Gasteiger partial charge in [0.15, 0.2) is 0 Å². The topological polar surface area (TPSA) is 35.5 Å². The van der Waals surface area contributed by atoms with E-state index in [1.54, 1.807) is 0 Å². The molecule has 0 amide bonds. The summed E-state index contributed by atoms with van der Waals surface area (Å²) in [6.07, 6.45) is 3.84. The molecule has 1 atom stereocenters. The van der Waals surface area contributed by atoms with Crippen molar-refractivity contribution in [2.75, 3.05) is 26.7 Å². The molecule has 0 bridgehead atoms. The maximum absolute atomic E-state index is 10.1. The molecule has 2 N–H and O–H groups in total. The summed E-state index contributed by atoms with van der Waals surface area (Å²) < 4.78 is 0. The first-order chi connectivity index (χ1) is 9.61. The number of benzene rings is 1. The zero-order valence-electron chi connectivity index (χ0n) is 13.0. The third kappa shape index (κ3) is 3.74. The smallest absolute Gasteiger partial charge is 0.120 e. The second kappa shape index (κ2) is 7.09. The molecule has 3 nitrogen and oxygen atoms in total. The zero-order valence-corrected chi connectivity index (χ0v) is 13.0. The second-order valence-electron chi connectivity index (χ2n) is 6.11. The molecule has 1 aliphatic rings. The van der Waals surface area contributed by atoms with Crippen LogP contribution in [0.1, 0.15) is 43.4 Å². The summed E-state index contributed by atoms with van der Waals surface area (Å²) >= 11 is 0. The fourth-order valence-electron chi connectivity index (χ4n) is 3.18. The van der Waals surface area contributed by atoms with Gasteiger partial charge in [-0.05, 0) is 71.8 Å². The van der Waals surface area contributed by atoms with Crippen molar-refractivity contribution in [3.05, 3.63) is 29.3 Å². The van der Waals surface area contributed by atoms with E-state index in [1.165, 1.54) is 24.8 Å². The molecule has 2 rings (SSSR count). The van der Waals surface area contributed by atoms with E-state index in [0.717, 1.165) is 31.1 Å². The first kappa shape index (κ1) is 15.3. The standard InChI is InChI=1S/C17H28N2O/c1-13-4-5-17(20)16(12-13)14(2)19-10-7-15(8-11-19)6-9-18-3/h4-5,12,14-15,18,20H,6-11H2,1-3H3. The van der Waals surface area contributed by atoms with Crippen LogP contribution in [0.25, 0.3) is 0 Å². The lowest BCUT2D eigenvalue weighted by Gasteiger charge is -2.36. The fraction of sp³-hybridized carbons (Fsp3) is 0.647. The number of aromatic hydroxyl groups is 1. The minimum atomic E-state index is 0.306. The number of aryl methyl sites for hydroxylation is 1. The van der Waals surface area contributed by atoms with E-state index < -0.39 is 0 Å². The van der Waals surface area contributed by atoms with Crippen LogP contribution in [-0.4, -0.2) is 36.7 Å². The van der Waals surface area contributed by atoms with Gasteiger partial charge in [-0.2, -0.15) is 0 Å². The van der Waals surface area contributed by atoms with Crippen LogP contribution in [0.2, 0.25) is 0 Å². The summed E-state index contributed by atoms with van der Waals surface area (Å²) in [7, 11) is 2.03. The molecule has 0 spiro atoms. The van der Waals surface area contributed by atoms with Crippen molar-refractivity contribution >= 4 is 0 Å². The highest BCUT2D eigenvalue weighted by molar-refractivity contribution is 5.37. The number of hydrogen-bond acceptors (Lipinski definition) is 3. The Hall–Kier alpha value is -1.06. The second-order valence-corrected chi connectivity index (χ2v) is 6.11. The summed E-state index contributed by atoms with van der Waals surface area (Å²) in [4.78, 5) is 2.50. The van der Waals surface area contributed by atoms with Gasteiger partial charge in [0.2, 0.25) is 0 Å². The number of piperidine rings is 1. The number of phenolic OH excluding ortho intramolecular Hbond substituents is 1.